The number of nitrogen functional groups attached to an aromatic ring is 1. The molecule has 9 heteroatoms. The molecule has 1 aromatic heterocycles. The molecule has 0 atom stereocenters. The maximum Gasteiger partial charge on any atom is 0.271 e. The highest BCUT2D eigenvalue weighted by atomic mass is 35.5. The SMILES string of the molecule is COc1c(N)ncnc1Oc1ccc([N+](=O)[O-])cc1Cl. The van der Waals surface area contributed by atoms with Crippen LogP contribution in [-0.4, -0.2) is 22.0 Å². The number of benzene rings is 1. The molecule has 104 valence electrons. The zero-order valence-corrected chi connectivity index (χ0v) is 11.0. The largest absolute Gasteiger partial charge is 0.489 e. The average molecular weight is 297 g/mol. The first-order chi connectivity index (χ1) is 9.52. The van der Waals surface area contributed by atoms with Gasteiger partial charge in [-0.2, -0.15) is 4.98 Å². The third-order valence-corrected chi connectivity index (χ3v) is 2.63. The molecule has 0 aliphatic carbocycles. The van der Waals surface area contributed by atoms with E-state index in [-0.39, 0.29) is 33.9 Å². The van der Waals surface area contributed by atoms with E-state index < -0.39 is 4.92 Å². The van der Waals surface area contributed by atoms with Gasteiger partial charge in [0, 0.05) is 12.1 Å². The lowest BCUT2D eigenvalue weighted by atomic mass is 10.3. The number of nitro benzene ring substituents is 1. The van der Waals surface area contributed by atoms with Gasteiger partial charge < -0.3 is 15.2 Å². The van der Waals surface area contributed by atoms with Crippen molar-refractivity contribution in [3.63, 3.8) is 0 Å². The minimum absolute atomic E-state index is 0.0655. The summed E-state index contributed by atoms with van der Waals surface area (Å²) in [6.45, 7) is 0. The quantitative estimate of drug-likeness (QED) is 0.680. The molecule has 1 aromatic carbocycles. The van der Waals surface area contributed by atoms with Crippen molar-refractivity contribution >= 4 is 23.1 Å². The van der Waals surface area contributed by atoms with E-state index in [9.17, 15) is 10.1 Å². The lowest BCUT2D eigenvalue weighted by Gasteiger charge is -2.10. The summed E-state index contributed by atoms with van der Waals surface area (Å²) in [5, 5.41) is 10.7. The Bertz CT molecular complexity index is 665. The lowest BCUT2D eigenvalue weighted by Crippen LogP contribution is -2.00. The van der Waals surface area contributed by atoms with Crippen LogP contribution in [0.1, 0.15) is 0 Å². The van der Waals surface area contributed by atoms with Gasteiger partial charge in [0.1, 0.15) is 12.1 Å². The fraction of sp³-hybridized carbons (Fsp3) is 0.0909. The Kier molecular flexibility index (Phi) is 3.85. The second-order valence-electron chi connectivity index (χ2n) is 3.57. The number of nitrogens with zero attached hydrogens (tertiary/aromatic N) is 3. The van der Waals surface area contributed by atoms with E-state index in [2.05, 4.69) is 9.97 Å². The number of non-ortho nitro benzene ring substituents is 1. The Hall–Kier alpha value is -2.61. The predicted molar refractivity (Wildman–Crippen MR) is 71.2 cm³/mol. The summed E-state index contributed by atoms with van der Waals surface area (Å²) in [6, 6.07) is 3.80. The highest BCUT2D eigenvalue weighted by Crippen LogP contribution is 2.36. The number of methoxy groups -OCH3 is 1. The lowest BCUT2D eigenvalue weighted by molar-refractivity contribution is -0.384. The molecule has 0 radical (unpaired) electrons. The summed E-state index contributed by atoms with van der Waals surface area (Å²) >= 11 is 5.91. The first kappa shape index (κ1) is 13.8. The van der Waals surface area contributed by atoms with Gasteiger partial charge in [0.15, 0.2) is 5.82 Å². The third kappa shape index (κ3) is 2.69. The van der Waals surface area contributed by atoms with Crippen LogP contribution in [0.3, 0.4) is 0 Å². The predicted octanol–water partition coefficient (Wildman–Crippen LogP) is 2.42. The van der Waals surface area contributed by atoms with E-state index in [1.807, 2.05) is 0 Å². The second-order valence-corrected chi connectivity index (χ2v) is 3.98. The summed E-state index contributed by atoms with van der Waals surface area (Å²) < 4.78 is 10.5. The molecule has 0 spiro atoms. The van der Waals surface area contributed by atoms with Crippen molar-refractivity contribution in [3.05, 3.63) is 39.7 Å². The van der Waals surface area contributed by atoms with E-state index in [0.29, 0.717) is 0 Å². The maximum absolute atomic E-state index is 10.6. The Labute approximate surface area is 118 Å². The van der Waals surface area contributed by atoms with Gasteiger partial charge in [-0.15, -0.1) is 0 Å². The molecular formula is C11H9ClN4O4. The molecule has 0 saturated heterocycles. The molecule has 2 rings (SSSR count). The normalized spacial score (nSPS) is 10.1. The molecule has 0 aliphatic heterocycles. The Morgan fingerprint density at radius 3 is 2.75 bits per heavy atom. The zero-order chi connectivity index (χ0) is 14.7. The average Bonchev–Trinajstić information content (AvgIpc) is 2.41. The molecule has 0 aliphatic rings. The van der Waals surface area contributed by atoms with Crippen LogP contribution in [0, 0.1) is 10.1 Å². The van der Waals surface area contributed by atoms with E-state index >= 15 is 0 Å². The molecule has 2 N–H and O–H groups in total. The minimum atomic E-state index is -0.557. The van der Waals surface area contributed by atoms with Gasteiger partial charge in [-0.05, 0) is 6.07 Å². The van der Waals surface area contributed by atoms with Crippen LogP contribution in [0.15, 0.2) is 24.5 Å². The fourth-order valence-electron chi connectivity index (χ4n) is 1.43. The molecule has 8 nitrogen and oxygen atoms in total. The van der Waals surface area contributed by atoms with Crippen molar-refractivity contribution < 1.29 is 14.4 Å². The van der Waals surface area contributed by atoms with Crippen molar-refractivity contribution in [2.75, 3.05) is 12.8 Å². The van der Waals surface area contributed by atoms with Crippen LogP contribution in [-0.2, 0) is 0 Å². The number of hydrogen-bond acceptors (Lipinski definition) is 7. The van der Waals surface area contributed by atoms with Crippen molar-refractivity contribution in [3.8, 4) is 17.4 Å². The number of halogens is 1. The van der Waals surface area contributed by atoms with E-state index in [1.54, 1.807) is 0 Å². The molecule has 20 heavy (non-hydrogen) atoms. The van der Waals surface area contributed by atoms with Crippen LogP contribution < -0.4 is 15.2 Å². The smallest absolute Gasteiger partial charge is 0.271 e. The van der Waals surface area contributed by atoms with E-state index in [4.69, 9.17) is 26.8 Å². The Morgan fingerprint density at radius 1 is 1.40 bits per heavy atom. The first-order valence-corrected chi connectivity index (χ1v) is 5.67. The number of hydrogen-bond donors (Lipinski definition) is 1. The zero-order valence-electron chi connectivity index (χ0n) is 10.2. The van der Waals surface area contributed by atoms with Gasteiger partial charge >= 0.3 is 0 Å². The fourth-order valence-corrected chi connectivity index (χ4v) is 1.64. The van der Waals surface area contributed by atoms with Gasteiger partial charge in [0.05, 0.1) is 17.1 Å². The summed E-state index contributed by atoms with van der Waals surface area (Å²) in [5.74, 6) is 0.516. The minimum Gasteiger partial charge on any atom is -0.489 e. The molecule has 0 saturated carbocycles. The number of rotatable bonds is 4. The molecule has 0 unspecified atom stereocenters. The topological polar surface area (TPSA) is 113 Å². The van der Waals surface area contributed by atoms with Crippen LogP contribution >= 0.6 is 11.6 Å². The van der Waals surface area contributed by atoms with Crippen LogP contribution in [0.25, 0.3) is 0 Å². The maximum atomic E-state index is 10.6. The van der Waals surface area contributed by atoms with Gasteiger partial charge in [0.25, 0.3) is 11.6 Å². The number of nitrogens with two attached hydrogens (primary N) is 1. The van der Waals surface area contributed by atoms with Gasteiger partial charge in [-0.25, -0.2) is 4.98 Å². The summed E-state index contributed by atoms with van der Waals surface area (Å²) in [4.78, 5) is 17.7. The van der Waals surface area contributed by atoms with Crippen LogP contribution in [0.2, 0.25) is 5.02 Å². The van der Waals surface area contributed by atoms with E-state index in [0.717, 1.165) is 0 Å². The van der Waals surface area contributed by atoms with Crippen molar-refractivity contribution in [1.82, 2.24) is 9.97 Å². The number of nitro groups is 1. The summed E-state index contributed by atoms with van der Waals surface area (Å²) in [7, 11) is 1.39. The molecule has 0 amide bonds. The van der Waals surface area contributed by atoms with E-state index in [1.165, 1.54) is 31.6 Å². The van der Waals surface area contributed by atoms with Crippen molar-refractivity contribution in [2.45, 2.75) is 0 Å². The molecular weight excluding hydrogens is 288 g/mol. The van der Waals surface area contributed by atoms with Gasteiger partial charge in [-0.1, -0.05) is 11.6 Å². The molecule has 0 bridgehead atoms. The Balaban J connectivity index is 2.36. The summed E-state index contributed by atoms with van der Waals surface area (Å²) in [6.07, 6.45) is 1.20. The molecule has 2 aromatic rings. The Morgan fingerprint density at radius 2 is 2.15 bits per heavy atom. The molecule has 1 heterocycles. The number of ether oxygens (including phenoxy) is 2. The monoisotopic (exact) mass is 296 g/mol. The highest BCUT2D eigenvalue weighted by Gasteiger charge is 2.15. The number of aromatic nitrogens is 2. The van der Waals surface area contributed by atoms with Gasteiger partial charge in [-0.3, -0.25) is 10.1 Å². The van der Waals surface area contributed by atoms with Crippen molar-refractivity contribution in [2.24, 2.45) is 0 Å². The van der Waals surface area contributed by atoms with Crippen molar-refractivity contribution in [1.29, 1.82) is 0 Å². The molecule has 0 fully saturated rings. The second kappa shape index (κ2) is 5.57. The van der Waals surface area contributed by atoms with Gasteiger partial charge in [0.2, 0.25) is 5.75 Å². The number of anilines is 1. The third-order valence-electron chi connectivity index (χ3n) is 2.34. The first-order valence-electron chi connectivity index (χ1n) is 5.29. The summed E-state index contributed by atoms with van der Waals surface area (Å²) in [5.41, 5.74) is 5.47. The standard InChI is InChI=1S/C11H9ClN4O4/c1-19-9-10(13)14-5-15-11(9)20-8-3-2-6(16(17)18)4-7(8)12/h2-5H,1H3,(H2,13,14,15). The van der Waals surface area contributed by atoms with Crippen LogP contribution in [0.4, 0.5) is 11.5 Å². The van der Waals surface area contributed by atoms with Crippen LogP contribution in [0.5, 0.6) is 17.4 Å². The highest BCUT2D eigenvalue weighted by molar-refractivity contribution is 6.32.